The molecule has 1 saturated heterocycles. The Kier molecular flexibility index (Phi) is 4.77. The Labute approximate surface area is 168 Å². The standard InChI is InChI=1S/C18H22N6O4S/c1-22-11-19-20-18(22)29(26,27)13-6-8-24(9-7-13)16(25)12-4-5-14-15(10-12)21-23(2)17(14)28-3/h4-5,10-11,13H,6-9H2,1-3H3. The van der Waals surface area contributed by atoms with Crippen LogP contribution in [0.2, 0.25) is 0 Å². The second-order valence-electron chi connectivity index (χ2n) is 7.13. The molecule has 0 atom stereocenters. The minimum atomic E-state index is -3.57. The lowest BCUT2D eigenvalue weighted by Crippen LogP contribution is -2.42. The van der Waals surface area contributed by atoms with Gasteiger partial charge in [-0.05, 0) is 31.0 Å². The number of nitrogens with zero attached hydrogens (tertiary/aromatic N) is 6. The average molecular weight is 418 g/mol. The summed E-state index contributed by atoms with van der Waals surface area (Å²) in [6.45, 7) is 0.730. The Bertz CT molecular complexity index is 1170. The van der Waals surface area contributed by atoms with Gasteiger partial charge in [-0.2, -0.15) is 5.10 Å². The first-order valence-corrected chi connectivity index (χ1v) is 10.8. The minimum absolute atomic E-state index is 0.0307. The van der Waals surface area contributed by atoms with Gasteiger partial charge in [0.05, 0.1) is 23.3 Å². The van der Waals surface area contributed by atoms with Gasteiger partial charge < -0.3 is 14.2 Å². The number of fused-ring (bicyclic) bond motifs is 1. The maximum Gasteiger partial charge on any atom is 0.253 e. The molecular formula is C18H22N6O4S. The maximum atomic E-state index is 12.9. The zero-order valence-electron chi connectivity index (χ0n) is 16.4. The quantitative estimate of drug-likeness (QED) is 0.616. The molecule has 0 N–H and O–H groups in total. The zero-order chi connectivity index (χ0) is 20.8. The number of ether oxygens (including phenoxy) is 1. The van der Waals surface area contributed by atoms with E-state index in [0.29, 0.717) is 42.9 Å². The molecule has 0 bridgehead atoms. The number of carbonyl (C=O) groups excluding carboxylic acids is 1. The largest absolute Gasteiger partial charge is 0.481 e. The van der Waals surface area contributed by atoms with Crippen molar-refractivity contribution in [3.8, 4) is 5.88 Å². The van der Waals surface area contributed by atoms with E-state index in [1.165, 1.54) is 10.9 Å². The summed E-state index contributed by atoms with van der Waals surface area (Å²) < 4.78 is 33.9. The molecule has 0 spiro atoms. The van der Waals surface area contributed by atoms with Crippen molar-refractivity contribution in [1.82, 2.24) is 29.4 Å². The molecule has 10 nitrogen and oxygen atoms in total. The molecule has 3 aromatic rings. The lowest BCUT2D eigenvalue weighted by Gasteiger charge is -2.31. The molecule has 1 aliphatic heterocycles. The minimum Gasteiger partial charge on any atom is -0.481 e. The van der Waals surface area contributed by atoms with Gasteiger partial charge in [-0.15, -0.1) is 10.2 Å². The highest BCUT2D eigenvalue weighted by Gasteiger charge is 2.35. The molecule has 0 aliphatic carbocycles. The summed E-state index contributed by atoms with van der Waals surface area (Å²) in [4.78, 5) is 14.6. The molecule has 3 heterocycles. The number of hydrogen-bond acceptors (Lipinski definition) is 7. The highest BCUT2D eigenvalue weighted by atomic mass is 32.2. The monoisotopic (exact) mass is 418 g/mol. The highest BCUT2D eigenvalue weighted by Crippen LogP contribution is 2.27. The van der Waals surface area contributed by atoms with Crippen LogP contribution in [0.4, 0.5) is 0 Å². The second kappa shape index (κ2) is 7.14. The van der Waals surface area contributed by atoms with E-state index in [1.807, 2.05) is 6.07 Å². The first kappa shape index (κ1) is 19.4. The van der Waals surface area contributed by atoms with Crippen LogP contribution in [0.5, 0.6) is 5.88 Å². The molecule has 29 heavy (non-hydrogen) atoms. The van der Waals surface area contributed by atoms with Crippen LogP contribution in [0.1, 0.15) is 23.2 Å². The number of aromatic nitrogens is 5. The van der Waals surface area contributed by atoms with Crippen molar-refractivity contribution in [1.29, 1.82) is 0 Å². The van der Waals surface area contributed by atoms with Crippen LogP contribution in [0.25, 0.3) is 10.9 Å². The summed E-state index contributed by atoms with van der Waals surface area (Å²) in [5.74, 6) is 0.500. The van der Waals surface area contributed by atoms with Crippen LogP contribution >= 0.6 is 0 Å². The van der Waals surface area contributed by atoms with Gasteiger partial charge in [0.25, 0.3) is 5.91 Å². The fraction of sp³-hybridized carbons (Fsp3) is 0.444. The van der Waals surface area contributed by atoms with Gasteiger partial charge in [-0.3, -0.25) is 4.79 Å². The topological polar surface area (TPSA) is 112 Å². The van der Waals surface area contributed by atoms with Gasteiger partial charge in [0.1, 0.15) is 6.33 Å². The van der Waals surface area contributed by atoms with E-state index in [9.17, 15) is 13.2 Å². The van der Waals surface area contributed by atoms with Crippen molar-refractivity contribution in [2.75, 3.05) is 20.2 Å². The van der Waals surface area contributed by atoms with Crippen molar-refractivity contribution in [2.24, 2.45) is 14.1 Å². The predicted octanol–water partition coefficient (Wildman–Crippen LogP) is 0.789. The van der Waals surface area contributed by atoms with E-state index < -0.39 is 15.1 Å². The van der Waals surface area contributed by atoms with Gasteiger partial charge in [-0.25, -0.2) is 13.1 Å². The lowest BCUT2D eigenvalue weighted by atomic mass is 10.1. The number of aryl methyl sites for hydroxylation is 2. The Morgan fingerprint density at radius 1 is 1.21 bits per heavy atom. The van der Waals surface area contributed by atoms with Gasteiger partial charge in [-0.1, -0.05) is 0 Å². The first-order chi connectivity index (χ1) is 13.8. The summed E-state index contributed by atoms with van der Waals surface area (Å²) in [6, 6.07) is 5.31. The summed E-state index contributed by atoms with van der Waals surface area (Å²) in [5, 5.41) is 12.0. The van der Waals surface area contributed by atoms with E-state index in [1.54, 1.807) is 42.9 Å². The normalized spacial score (nSPS) is 15.8. The van der Waals surface area contributed by atoms with E-state index in [2.05, 4.69) is 15.3 Å². The molecule has 2 aromatic heterocycles. The summed E-state index contributed by atoms with van der Waals surface area (Å²) in [6.07, 6.45) is 2.09. The summed E-state index contributed by atoms with van der Waals surface area (Å²) >= 11 is 0. The molecule has 1 aliphatic rings. The Hall–Kier alpha value is -2.95. The average Bonchev–Trinajstić information content (AvgIpc) is 3.29. The van der Waals surface area contributed by atoms with Gasteiger partial charge >= 0.3 is 0 Å². The van der Waals surface area contributed by atoms with Gasteiger partial charge in [0.15, 0.2) is 0 Å². The molecule has 0 radical (unpaired) electrons. The molecular weight excluding hydrogens is 396 g/mol. The number of rotatable bonds is 4. The third-order valence-electron chi connectivity index (χ3n) is 5.31. The van der Waals surface area contributed by atoms with Crippen LogP contribution < -0.4 is 4.74 Å². The first-order valence-electron chi connectivity index (χ1n) is 9.21. The van der Waals surface area contributed by atoms with E-state index in [0.717, 1.165) is 5.39 Å². The smallest absolute Gasteiger partial charge is 0.253 e. The van der Waals surface area contributed by atoms with Crippen LogP contribution in [-0.4, -0.2) is 69.2 Å². The number of amides is 1. The SMILES string of the molecule is COc1c2ccc(C(=O)N3CCC(S(=O)(=O)c4nncn4C)CC3)cc2nn1C. The van der Waals surface area contributed by atoms with Crippen molar-refractivity contribution in [3.63, 3.8) is 0 Å². The van der Waals surface area contributed by atoms with Gasteiger partial charge in [0, 0.05) is 32.7 Å². The van der Waals surface area contributed by atoms with Crippen molar-refractivity contribution in [2.45, 2.75) is 23.2 Å². The third kappa shape index (κ3) is 3.24. The molecule has 1 amide bonds. The summed E-state index contributed by atoms with van der Waals surface area (Å²) in [7, 11) is 1.39. The zero-order valence-corrected chi connectivity index (χ0v) is 17.3. The maximum absolute atomic E-state index is 12.9. The van der Waals surface area contributed by atoms with Crippen LogP contribution in [-0.2, 0) is 23.9 Å². The van der Waals surface area contributed by atoms with Crippen LogP contribution in [0.3, 0.4) is 0 Å². The Morgan fingerprint density at radius 2 is 1.93 bits per heavy atom. The fourth-order valence-electron chi connectivity index (χ4n) is 3.78. The summed E-state index contributed by atoms with van der Waals surface area (Å²) in [5.41, 5.74) is 1.20. The third-order valence-corrected chi connectivity index (χ3v) is 7.54. The second-order valence-corrected chi connectivity index (χ2v) is 9.25. The van der Waals surface area contributed by atoms with Crippen molar-refractivity contribution >= 4 is 26.6 Å². The number of carbonyl (C=O) groups is 1. The van der Waals surface area contributed by atoms with Crippen LogP contribution in [0, 0.1) is 0 Å². The van der Waals surface area contributed by atoms with E-state index in [-0.39, 0.29) is 11.1 Å². The fourth-order valence-corrected chi connectivity index (χ4v) is 5.52. The van der Waals surface area contributed by atoms with Crippen LogP contribution in [0.15, 0.2) is 29.7 Å². The molecule has 1 fully saturated rings. The number of methoxy groups -OCH3 is 1. The molecule has 0 unspecified atom stereocenters. The number of benzene rings is 1. The molecule has 154 valence electrons. The predicted molar refractivity (Wildman–Crippen MR) is 104 cm³/mol. The van der Waals surface area contributed by atoms with Crippen molar-refractivity contribution in [3.05, 3.63) is 30.1 Å². The Balaban J connectivity index is 1.49. The highest BCUT2D eigenvalue weighted by molar-refractivity contribution is 7.91. The molecule has 11 heteroatoms. The Morgan fingerprint density at radius 3 is 2.55 bits per heavy atom. The molecule has 0 saturated carbocycles. The number of likely N-dealkylation sites (tertiary alicyclic amines) is 1. The number of hydrogen-bond donors (Lipinski definition) is 0. The molecule has 4 rings (SSSR count). The molecule has 1 aromatic carbocycles. The lowest BCUT2D eigenvalue weighted by molar-refractivity contribution is 0.0725. The van der Waals surface area contributed by atoms with Crippen molar-refractivity contribution < 1.29 is 17.9 Å². The van der Waals surface area contributed by atoms with E-state index in [4.69, 9.17) is 4.74 Å². The van der Waals surface area contributed by atoms with E-state index >= 15 is 0 Å². The van der Waals surface area contributed by atoms with Gasteiger partial charge in [0.2, 0.25) is 20.9 Å². The number of sulfone groups is 1. The number of piperidine rings is 1.